The molecule has 110 valence electrons. The van der Waals surface area contributed by atoms with Crippen molar-refractivity contribution in [1.29, 1.82) is 0 Å². The van der Waals surface area contributed by atoms with E-state index in [2.05, 4.69) is 23.4 Å². The monoisotopic (exact) mass is 283 g/mol. The Bertz CT molecular complexity index is 672. The maximum Gasteiger partial charge on any atom is 0.254 e. The summed E-state index contributed by atoms with van der Waals surface area (Å²) in [5, 5.41) is 0. The smallest absolute Gasteiger partial charge is 0.254 e. The normalized spacial score (nSPS) is 14.4. The minimum absolute atomic E-state index is 0.112. The van der Waals surface area contributed by atoms with Gasteiger partial charge in [0, 0.05) is 24.6 Å². The summed E-state index contributed by atoms with van der Waals surface area (Å²) in [7, 11) is 0. The number of benzene rings is 1. The Balaban J connectivity index is 1.85. The molecule has 0 N–H and O–H groups in total. The molecule has 4 heteroatoms. The molecule has 1 aliphatic heterocycles. The molecular formula is C17H21N3O. The van der Waals surface area contributed by atoms with Gasteiger partial charge in [0.2, 0.25) is 0 Å². The van der Waals surface area contributed by atoms with Crippen LogP contribution in [0.5, 0.6) is 0 Å². The van der Waals surface area contributed by atoms with Crippen molar-refractivity contribution in [1.82, 2.24) is 14.5 Å². The van der Waals surface area contributed by atoms with Crippen molar-refractivity contribution >= 4 is 5.91 Å². The van der Waals surface area contributed by atoms with Gasteiger partial charge in [0.25, 0.3) is 5.91 Å². The predicted molar refractivity (Wildman–Crippen MR) is 82.2 cm³/mol. The van der Waals surface area contributed by atoms with E-state index in [1.807, 2.05) is 42.4 Å². The van der Waals surface area contributed by atoms with Gasteiger partial charge in [-0.05, 0) is 32.9 Å². The number of imidazole rings is 1. The quantitative estimate of drug-likeness (QED) is 0.850. The molecule has 0 unspecified atom stereocenters. The topological polar surface area (TPSA) is 38.1 Å². The summed E-state index contributed by atoms with van der Waals surface area (Å²) in [6.07, 6.45) is 2.74. The van der Waals surface area contributed by atoms with Gasteiger partial charge in [-0.25, -0.2) is 4.98 Å². The summed E-state index contributed by atoms with van der Waals surface area (Å²) in [4.78, 5) is 19.1. The molecule has 1 amide bonds. The van der Waals surface area contributed by atoms with E-state index < -0.39 is 0 Å². The van der Waals surface area contributed by atoms with E-state index in [4.69, 9.17) is 0 Å². The molecule has 3 rings (SSSR count). The SMILES string of the molecule is Cc1cccc(C(=O)N2CCc3ncn(C(C)C)c3C2)c1. The lowest BCUT2D eigenvalue weighted by molar-refractivity contribution is 0.0728. The highest BCUT2D eigenvalue weighted by Gasteiger charge is 2.25. The lowest BCUT2D eigenvalue weighted by Gasteiger charge is -2.28. The van der Waals surface area contributed by atoms with E-state index in [1.165, 1.54) is 5.69 Å². The van der Waals surface area contributed by atoms with Gasteiger partial charge in [-0.1, -0.05) is 17.7 Å². The fourth-order valence-corrected chi connectivity index (χ4v) is 2.89. The summed E-state index contributed by atoms with van der Waals surface area (Å²) >= 11 is 0. The largest absolute Gasteiger partial charge is 0.332 e. The van der Waals surface area contributed by atoms with Crippen LogP contribution in [0.1, 0.15) is 47.2 Å². The maximum absolute atomic E-state index is 12.7. The number of carbonyl (C=O) groups is 1. The number of hydrogen-bond acceptors (Lipinski definition) is 2. The van der Waals surface area contributed by atoms with Gasteiger partial charge in [0.15, 0.2) is 0 Å². The first-order chi connectivity index (χ1) is 10.1. The molecule has 2 heterocycles. The molecule has 4 nitrogen and oxygen atoms in total. The summed E-state index contributed by atoms with van der Waals surface area (Å²) < 4.78 is 2.17. The molecule has 0 fully saturated rings. The molecule has 0 atom stereocenters. The molecule has 0 radical (unpaired) electrons. The Morgan fingerprint density at radius 1 is 1.33 bits per heavy atom. The van der Waals surface area contributed by atoms with Gasteiger partial charge in [-0.15, -0.1) is 0 Å². The maximum atomic E-state index is 12.7. The van der Waals surface area contributed by atoms with Crippen LogP contribution >= 0.6 is 0 Å². The predicted octanol–water partition coefficient (Wildman–Crippen LogP) is 2.97. The molecule has 1 aromatic heterocycles. The molecule has 1 aliphatic rings. The van der Waals surface area contributed by atoms with Crippen molar-refractivity contribution < 1.29 is 4.79 Å². The Morgan fingerprint density at radius 2 is 2.14 bits per heavy atom. The molecule has 0 spiro atoms. The van der Waals surface area contributed by atoms with E-state index in [0.717, 1.165) is 29.8 Å². The van der Waals surface area contributed by atoms with Gasteiger partial charge < -0.3 is 9.47 Å². The number of rotatable bonds is 2. The average molecular weight is 283 g/mol. The van der Waals surface area contributed by atoms with Gasteiger partial charge in [0.05, 0.1) is 24.3 Å². The van der Waals surface area contributed by atoms with Crippen molar-refractivity contribution in [3.8, 4) is 0 Å². The number of amides is 1. The molecule has 0 saturated heterocycles. The Hall–Kier alpha value is -2.10. The Morgan fingerprint density at radius 3 is 2.86 bits per heavy atom. The molecule has 0 bridgehead atoms. The zero-order valence-corrected chi connectivity index (χ0v) is 12.8. The van der Waals surface area contributed by atoms with Gasteiger partial charge in [0.1, 0.15) is 0 Å². The first kappa shape index (κ1) is 13.9. The number of carbonyl (C=O) groups excluding carboxylic acids is 1. The van der Waals surface area contributed by atoms with E-state index in [0.29, 0.717) is 12.6 Å². The zero-order valence-electron chi connectivity index (χ0n) is 12.8. The molecule has 2 aromatic rings. The summed E-state index contributed by atoms with van der Waals surface area (Å²) in [5.74, 6) is 0.112. The van der Waals surface area contributed by atoms with Crippen molar-refractivity contribution in [3.63, 3.8) is 0 Å². The molecular weight excluding hydrogens is 262 g/mol. The fourth-order valence-electron chi connectivity index (χ4n) is 2.89. The molecule has 0 saturated carbocycles. The summed E-state index contributed by atoms with van der Waals surface area (Å²) in [5.41, 5.74) is 4.20. The average Bonchev–Trinajstić information content (AvgIpc) is 2.89. The first-order valence-electron chi connectivity index (χ1n) is 7.47. The molecule has 0 aliphatic carbocycles. The highest BCUT2D eigenvalue weighted by atomic mass is 16.2. The van der Waals surface area contributed by atoms with Gasteiger partial charge >= 0.3 is 0 Å². The van der Waals surface area contributed by atoms with Crippen LogP contribution in [0.15, 0.2) is 30.6 Å². The second kappa shape index (κ2) is 5.35. The highest BCUT2D eigenvalue weighted by Crippen LogP contribution is 2.22. The third-order valence-electron chi connectivity index (χ3n) is 4.05. The minimum Gasteiger partial charge on any atom is -0.332 e. The van der Waals surface area contributed by atoms with Crippen LogP contribution in [0.25, 0.3) is 0 Å². The van der Waals surface area contributed by atoms with Crippen LogP contribution in [-0.4, -0.2) is 26.9 Å². The number of aromatic nitrogens is 2. The Kier molecular flexibility index (Phi) is 3.53. The Labute approximate surface area is 125 Å². The van der Waals surface area contributed by atoms with Gasteiger partial charge in [-0.2, -0.15) is 0 Å². The van der Waals surface area contributed by atoms with Crippen LogP contribution in [0.2, 0.25) is 0 Å². The molecule has 21 heavy (non-hydrogen) atoms. The fraction of sp³-hybridized carbons (Fsp3) is 0.412. The first-order valence-corrected chi connectivity index (χ1v) is 7.47. The number of fused-ring (bicyclic) bond motifs is 1. The van der Waals surface area contributed by atoms with Crippen molar-refractivity contribution in [2.45, 2.75) is 39.8 Å². The van der Waals surface area contributed by atoms with E-state index in [9.17, 15) is 4.79 Å². The van der Waals surface area contributed by atoms with Crippen LogP contribution < -0.4 is 0 Å². The van der Waals surface area contributed by atoms with Crippen LogP contribution in [-0.2, 0) is 13.0 Å². The van der Waals surface area contributed by atoms with Crippen molar-refractivity contribution in [3.05, 3.63) is 53.1 Å². The van der Waals surface area contributed by atoms with Crippen LogP contribution in [0, 0.1) is 6.92 Å². The number of nitrogens with zero attached hydrogens (tertiary/aromatic N) is 3. The second-order valence-corrected chi connectivity index (χ2v) is 5.99. The standard InChI is InChI=1S/C17H21N3O/c1-12(2)20-11-18-15-7-8-19(10-16(15)20)17(21)14-6-4-5-13(3)9-14/h4-6,9,11-12H,7-8,10H2,1-3H3. The highest BCUT2D eigenvalue weighted by molar-refractivity contribution is 5.94. The van der Waals surface area contributed by atoms with E-state index in [-0.39, 0.29) is 5.91 Å². The molecule has 1 aromatic carbocycles. The lowest BCUT2D eigenvalue weighted by atomic mass is 10.1. The number of hydrogen-bond donors (Lipinski definition) is 0. The van der Waals surface area contributed by atoms with E-state index in [1.54, 1.807) is 0 Å². The van der Waals surface area contributed by atoms with Crippen molar-refractivity contribution in [2.24, 2.45) is 0 Å². The van der Waals surface area contributed by atoms with Crippen LogP contribution in [0.3, 0.4) is 0 Å². The van der Waals surface area contributed by atoms with Crippen LogP contribution in [0.4, 0.5) is 0 Å². The summed E-state index contributed by atoms with van der Waals surface area (Å²) in [6, 6.07) is 8.17. The third kappa shape index (κ3) is 2.58. The van der Waals surface area contributed by atoms with Gasteiger partial charge in [-0.3, -0.25) is 4.79 Å². The van der Waals surface area contributed by atoms with E-state index >= 15 is 0 Å². The van der Waals surface area contributed by atoms with Crippen molar-refractivity contribution in [2.75, 3.05) is 6.54 Å². The second-order valence-electron chi connectivity index (χ2n) is 5.99. The zero-order chi connectivity index (χ0) is 15.0. The third-order valence-corrected chi connectivity index (χ3v) is 4.05. The number of aryl methyl sites for hydroxylation is 1. The minimum atomic E-state index is 0.112. The lowest BCUT2D eigenvalue weighted by Crippen LogP contribution is -2.37. The summed E-state index contributed by atoms with van der Waals surface area (Å²) in [6.45, 7) is 7.70.